The number of hydrogen-bond acceptors (Lipinski definition) is 6. The molecule has 0 unspecified atom stereocenters. The fourth-order valence-corrected chi connectivity index (χ4v) is 3.18. The Bertz CT molecular complexity index is 707. The van der Waals surface area contributed by atoms with Gasteiger partial charge in [-0.25, -0.2) is 13.9 Å². The van der Waals surface area contributed by atoms with Crippen molar-refractivity contribution in [3.8, 4) is 0 Å². The summed E-state index contributed by atoms with van der Waals surface area (Å²) >= 11 is 0. The third-order valence-corrected chi connectivity index (χ3v) is 4.30. The summed E-state index contributed by atoms with van der Waals surface area (Å²) in [6.07, 6.45) is -0.969. The zero-order valence-corrected chi connectivity index (χ0v) is 10.4. The van der Waals surface area contributed by atoms with Gasteiger partial charge >= 0.3 is 0 Å². The summed E-state index contributed by atoms with van der Waals surface area (Å²) in [5, 5.41) is 23.1. The number of halogens is 1. The second-order valence-corrected chi connectivity index (χ2v) is 5.31. The minimum Gasteiger partial charge on any atom is -0.394 e. The van der Waals surface area contributed by atoms with E-state index in [9.17, 15) is 9.50 Å². The normalized spacial score (nSPS) is 39.1. The van der Waals surface area contributed by atoms with Gasteiger partial charge in [-0.05, 0) is 12.1 Å². The molecule has 20 heavy (non-hydrogen) atoms. The molecule has 1 aliphatic carbocycles. The van der Waals surface area contributed by atoms with E-state index >= 15 is 0 Å². The average molecular weight is 280 g/mol. The number of alkyl halides is 1. The van der Waals surface area contributed by atoms with Crippen molar-refractivity contribution in [1.82, 2.24) is 14.6 Å². The van der Waals surface area contributed by atoms with E-state index < -0.39 is 30.1 Å². The zero-order valence-electron chi connectivity index (χ0n) is 10.4. The molecule has 0 bridgehead atoms. The SMILES string of the molecule is Nc1ncnn2c([C@@]34C[C@@]3(F)[C@H](O)[C@@H](CO)O4)ccc12. The monoisotopic (exact) mass is 280 g/mol. The van der Waals surface area contributed by atoms with Gasteiger partial charge in [-0.2, -0.15) is 5.10 Å². The van der Waals surface area contributed by atoms with Gasteiger partial charge < -0.3 is 20.7 Å². The summed E-state index contributed by atoms with van der Waals surface area (Å²) < 4.78 is 21.8. The van der Waals surface area contributed by atoms with Crippen molar-refractivity contribution in [3.05, 3.63) is 24.2 Å². The van der Waals surface area contributed by atoms with Crippen molar-refractivity contribution >= 4 is 11.3 Å². The number of aliphatic hydroxyl groups excluding tert-OH is 2. The quantitative estimate of drug-likeness (QED) is 0.676. The molecule has 2 aromatic heterocycles. The van der Waals surface area contributed by atoms with Crippen LogP contribution in [0.15, 0.2) is 18.5 Å². The Morgan fingerprint density at radius 2 is 2.35 bits per heavy atom. The van der Waals surface area contributed by atoms with E-state index in [1.807, 2.05) is 0 Å². The highest BCUT2D eigenvalue weighted by atomic mass is 19.1. The number of fused-ring (bicyclic) bond motifs is 2. The lowest BCUT2D eigenvalue weighted by molar-refractivity contribution is -0.0638. The van der Waals surface area contributed by atoms with Gasteiger partial charge in [-0.15, -0.1) is 0 Å². The van der Waals surface area contributed by atoms with Gasteiger partial charge in [-0.1, -0.05) is 0 Å². The molecule has 0 aromatic carbocycles. The van der Waals surface area contributed by atoms with Crippen LogP contribution in [0.4, 0.5) is 10.2 Å². The first-order valence-electron chi connectivity index (χ1n) is 6.28. The van der Waals surface area contributed by atoms with Crippen LogP contribution in [0.2, 0.25) is 0 Å². The van der Waals surface area contributed by atoms with Crippen LogP contribution in [0.25, 0.3) is 5.52 Å². The molecule has 8 heteroatoms. The number of anilines is 1. The van der Waals surface area contributed by atoms with Crippen molar-refractivity contribution in [3.63, 3.8) is 0 Å². The molecular formula is C12H13FN4O3. The maximum atomic E-state index is 14.8. The number of rotatable bonds is 2. The molecule has 7 nitrogen and oxygen atoms in total. The summed E-state index contributed by atoms with van der Waals surface area (Å²) in [5.74, 6) is 0.282. The van der Waals surface area contributed by atoms with Crippen molar-refractivity contribution in [2.75, 3.05) is 12.3 Å². The van der Waals surface area contributed by atoms with Gasteiger partial charge in [0, 0.05) is 6.42 Å². The van der Waals surface area contributed by atoms with Gasteiger partial charge in [-0.3, -0.25) is 0 Å². The van der Waals surface area contributed by atoms with E-state index in [2.05, 4.69) is 10.1 Å². The third-order valence-electron chi connectivity index (χ3n) is 4.30. The molecule has 0 radical (unpaired) electrons. The summed E-state index contributed by atoms with van der Waals surface area (Å²) in [4.78, 5) is 3.87. The summed E-state index contributed by atoms with van der Waals surface area (Å²) in [7, 11) is 0. The minimum absolute atomic E-state index is 0.0354. The molecule has 1 aliphatic heterocycles. The fourth-order valence-electron chi connectivity index (χ4n) is 3.18. The van der Waals surface area contributed by atoms with Crippen molar-refractivity contribution in [2.24, 2.45) is 0 Å². The van der Waals surface area contributed by atoms with Crippen molar-refractivity contribution < 1.29 is 19.3 Å². The Labute approximate surface area is 112 Å². The largest absolute Gasteiger partial charge is 0.394 e. The number of ether oxygens (including phenoxy) is 1. The topological polar surface area (TPSA) is 106 Å². The van der Waals surface area contributed by atoms with Crippen molar-refractivity contribution in [1.29, 1.82) is 0 Å². The molecule has 1 saturated heterocycles. The summed E-state index contributed by atoms with van der Waals surface area (Å²) in [6, 6.07) is 3.34. The van der Waals surface area contributed by atoms with Crippen molar-refractivity contribution in [2.45, 2.75) is 29.9 Å². The lowest BCUT2D eigenvalue weighted by Gasteiger charge is -2.17. The number of aromatic nitrogens is 3. The highest BCUT2D eigenvalue weighted by Gasteiger charge is 2.82. The van der Waals surface area contributed by atoms with E-state index in [4.69, 9.17) is 15.6 Å². The minimum atomic E-state index is -1.89. The smallest absolute Gasteiger partial charge is 0.177 e. The van der Waals surface area contributed by atoms with Crippen LogP contribution in [0, 0.1) is 0 Å². The fraction of sp³-hybridized carbons (Fsp3) is 0.500. The van der Waals surface area contributed by atoms with Crippen LogP contribution in [0.3, 0.4) is 0 Å². The van der Waals surface area contributed by atoms with E-state index in [1.54, 1.807) is 12.1 Å². The van der Waals surface area contributed by atoms with Gasteiger partial charge in [0.1, 0.15) is 24.1 Å². The maximum Gasteiger partial charge on any atom is 0.177 e. The Balaban J connectivity index is 1.87. The number of aliphatic hydroxyl groups is 2. The standard InChI is InChI=1S/C12H13FN4O3/c13-11-4-12(11,20-7(3-18)9(11)19)8-2-1-6-10(14)15-5-16-17(6)8/h1-2,5,7,9,18-19H,3-4H2,(H2,14,15,16)/t7-,9-,11-,12+/m1/s1. The molecule has 0 spiro atoms. The summed E-state index contributed by atoms with van der Waals surface area (Å²) in [6.45, 7) is -0.435. The Kier molecular flexibility index (Phi) is 2.08. The molecule has 4 atom stereocenters. The number of hydrogen-bond donors (Lipinski definition) is 3. The lowest BCUT2D eigenvalue weighted by Crippen LogP contribution is -2.34. The first-order valence-corrected chi connectivity index (χ1v) is 6.28. The van der Waals surface area contributed by atoms with Crippen LogP contribution >= 0.6 is 0 Å². The highest BCUT2D eigenvalue weighted by molar-refractivity contribution is 5.66. The molecule has 2 aliphatic rings. The molecule has 2 aromatic rings. The molecule has 4 rings (SSSR count). The first-order chi connectivity index (χ1) is 9.53. The highest BCUT2D eigenvalue weighted by Crippen LogP contribution is 2.68. The molecule has 2 fully saturated rings. The second kappa shape index (κ2) is 3.46. The first kappa shape index (κ1) is 12.0. The van der Waals surface area contributed by atoms with E-state index in [0.717, 1.165) is 0 Å². The van der Waals surface area contributed by atoms with E-state index in [0.29, 0.717) is 11.2 Å². The van der Waals surface area contributed by atoms with E-state index in [-0.39, 0.29) is 12.2 Å². The molecule has 0 amide bonds. The van der Waals surface area contributed by atoms with Gasteiger partial charge in [0.15, 0.2) is 17.1 Å². The van der Waals surface area contributed by atoms with E-state index in [1.165, 1.54) is 10.8 Å². The molecule has 106 valence electrons. The molecule has 3 heterocycles. The third kappa shape index (κ3) is 1.15. The van der Waals surface area contributed by atoms with Crippen LogP contribution in [-0.2, 0) is 10.3 Å². The second-order valence-electron chi connectivity index (χ2n) is 5.31. The number of nitrogen functional groups attached to an aromatic ring is 1. The predicted molar refractivity (Wildman–Crippen MR) is 65.5 cm³/mol. The van der Waals surface area contributed by atoms with Crippen LogP contribution in [0.5, 0.6) is 0 Å². The zero-order chi connectivity index (χ0) is 14.1. The maximum absolute atomic E-state index is 14.8. The molecule has 4 N–H and O–H groups in total. The predicted octanol–water partition coefficient (Wildman–Crippen LogP) is -0.629. The van der Waals surface area contributed by atoms with Crippen LogP contribution in [-0.4, -0.2) is 49.3 Å². The average Bonchev–Trinajstić information content (AvgIpc) is 2.77. The molecular weight excluding hydrogens is 267 g/mol. The summed E-state index contributed by atoms with van der Waals surface area (Å²) in [5.41, 5.74) is 3.60. The van der Waals surface area contributed by atoms with Gasteiger partial charge in [0.05, 0.1) is 12.3 Å². The van der Waals surface area contributed by atoms with Gasteiger partial charge in [0.2, 0.25) is 0 Å². The molecule has 1 saturated carbocycles. The Morgan fingerprint density at radius 3 is 3.05 bits per heavy atom. The Hall–Kier alpha value is -1.77. The van der Waals surface area contributed by atoms with Gasteiger partial charge in [0.25, 0.3) is 0 Å². The van der Waals surface area contributed by atoms with Crippen LogP contribution < -0.4 is 5.73 Å². The Morgan fingerprint density at radius 1 is 1.55 bits per heavy atom. The number of nitrogens with two attached hydrogens (primary N) is 1. The number of nitrogens with zero attached hydrogens (tertiary/aromatic N) is 3. The van der Waals surface area contributed by atoms with Crippen LogP contribution in [0.1, 0.15) is 12.1 Å². The lowest BCUT2D eigenvalue weighted by atomic mass is 10.1.